The van der Waals surface area contributed by atoms with Gasteiger partial charge in [-0.15, -0.1) is 0 Å². The van der Waals surface area contributed by atoms with Crippen LogP contribution in [-0.2, 0) is 15.5 Å². The molecular weight excluding hydrogens is 148 g/mol. The molecule has 0 spiro atoms. The summed E-state index contributed by atoms with van der Waals surface area (Å²) in [6, 6.07) is 0. The minimum absolute atomic E-state index is 0.162. The van der Waals surface area contributed by atoms with Gasteiger partial charge in [0.2, 0.25) is 0 Å². The first-order valence-electron chi connectivity index (χ1n) is 3.44. The Morgan fingerprint density at radius 3 is 2.20 bits per heavy atom. The minimum Gasteiger partial charge on any atom is -0.363 e. The summed E-state index contributed by atoms with van der Waals surface area (Å²) in [6.07, 6.45) is 0. The standard InChI is InChI=1S/C7H16O2S/c1-5-10(8)6-9-7(2,3)4/h5-6H2,1-4H3. The Labute approximate surface area is 65.4 Å². The van der Waals surface area contributed by atoms with Crippen LogP contribution in [0.15, 0.2) is 0 Å². The van der Waals surface area contributed by atoms with Crippen molar-refractivity contribution in [2.24, 2.45) is 0 Å². The Bertz CT molecular complexity index is 115. The minimum atomic E-state index is -0.796. The van der Waals surface area contributed by atoms with Gasteiger partial charge in [0.25, 0.3) is 0 Å². The largest absolute Gasteiger partial charge is 0.363 e. The number of hydrogen-bond acceptors (Lipinski definition) is 2. The Morgan fingerprint density at radius 2 is 1.90 bits per heavy atom. The van der Waals surface area contributed by atoms with Gasteiger partial charge in [0.05, 0.1) is 5.60 Å². The molecule has 0 aliphatic carbocycles. The van der Waals surface area contributed by atoms with Crippen LogP contribution < -0.4 is 0 Å². The highest BCUT2D eigenvalue weighted by Crippen LogP contribution is 2.06. The van der Waals surface area contributed by atoms with Gasteiger partial charge in [-0.05, 0) is 20.8 Å². The van der Waals surface area contributed by atoms with E-state index in [0.29, 0.717) is 11.7 Å². The molecule has 1 unspecified atom stereocenters. The van der Waals surface area contributed by atoms with Crippen LogP contribution in [0.4, 0.5) is 0 Å². The van der Waals surface area contributed by atoms with E-state index < -0.39 is 10.8 Å². The molecule has 0 aliphatic heterocycles. The molecule has 0 saturated heterocycles. The lowest BCUT2D eigenvalue weighted by Gasteiger charge is -2.18. The SMILES string of the molecule is CCS(=O)COC(C)(C)C. The average molecular weight is 164 g/mol. The molecule has 0 amide bonds. The zero-order valence-corrected chi connectivity index (χ0v) is 7.96. The first kappa shape index (κ1) is 10.1. The van der Waals surface area contributed by atoms with Crippen molar-refractivity contribution in [3.63, 3.8) is 0 Å². The van der Waals surface area contributed by atoms with Crippen molar-refractivity contribution in [3.05, 3.63) is 0 Å². The van der Waals surface area contributed by atoms with Gasteiger partial charge in [0.15, 0.2) is 0 Å². The predicted octanol–water partition coefficient (Wildman–Crippen LogP) is 1.53. The van der Waals surface area contributed by atoms with Crippen molar-refractivity contribution in [2.75, 3.05) is 11.7 Å². The van der Waals surface area contributed by atoms with E-state index in [1.54, 1.807) is 0 Å². The van der Waals surface area contributed by atoms with Crippen molar-refractivity contribution in [2.45, 2.75) is 33.3 Å². The predicted molar refractivity (Wildman–Crippen MR) is 44.4 cm³/mol. The van der Waals surface area contributed by atoms with E-state index in [1.807, 2.05) is 27.7 Å². The maximum Gasteiger partial charge on any atom is 0.122 e. The molecule has 3 heteroatoms. The maximum atomic E-state index is 10.8. The zero-order chi connectivity index (χ0) is 8.20. The Morgan fingerprint density at radius 1 is 1.40 bits per heavy atom. The lowest BCUT2D eigenvalue weighted by atomic mass is 10.2. The fraction of sp³-hybridized carbons (Fsp3) is 1.00. The van der Waals surface area contributed by atoms with Crippen LogP contribution in [0.1, 0.15) is 27.7 Å². The normalized spacial score (nSPS) is 15.2. The van der Waals surface area contributed by atoms with Gasteiger partial charge >= 0.3 is 0 Å². The smallest absolute Gasteiger partial charge is 0.122 e. The third kappa shape index (κ3) is 6.23. The second-order valence-electron chi connectivity index (χ2n) is 3.10. The first-order chi connectivity index (χ1) is 4.45. The molecule has 0 rings (SSSR count). The van der Waals surface area contributed by atoms with Crippen LogP contribution in [0.3, 0.4) is 0 Å². The second-order valence-corrected chi connectivity index (χ2v) is 4.80. The third-order valence-corrected chi connectivity index (χ3v) is 1.97. The Kier molecular flexibility index (Phi) is 4.13. The van der Waals surface area contributed by atoms with Crippen LogP contribution in [0.25, 0.3) is 0 Å². The number of rotatable bonds is 3. The summed E-state index contributed by atoms with van der Waals surface area (Å²) in [7, 11) is -0.796. The maximum absolute atomic E-state index is 10.8. The van der Waals surface area contributed by atoms with Crippen molar-refractivity contribution in [1.29, 1.82) is 0 Å². The fourth-order valence-corrected chi connectivity index (χ4v) is 0.977. The van der Waals surface area contributed by atoms with E-state index in [0.717, 1.165) is 0 Å². The zero-order valence-electron chi connectivity index (χ0n) is 7.14. The summed E-state index contributed by atoms with van der Waals surface area (Å²) in [6.45, 7) is 7.77. The van der Waals surface area contributed by atoms with Crippen LogP contribution in [-0.4, -0.2) is 21.5 Å². The average Bonchev–Trinajstić information content (AvgIpc) is 1.81. The van der Waals surface area contributed by atoms with Crippen LogP contribution in [0.5, 0.6) is 0 Å². The molecule has 0 N–H and O–H groups in total. The highest BCUT2D eigenvalue weighted by molar-refractivity contribution is 7.84. The van der Waals surface area contributed by atoms with E-state index in [9.17, 15) is 4.21 Å². The van der Waals surface area contributed by atoms with Gasteiger partial charge < -0.3 is 4.74 Å². The molecule has 62 valence electrons. The van der Waals surface area contributed by atoms with Gasteiger partial charge in [-0.25, -0.2) is 0 Å². The Balaban J connectivity index is 3.46. The van der Waals surface area contributed by atoms with Crippen molar-refractivity contribution in [3.8, 4) is 0 Å². The number of ether oxygens (including phenoxy) is 1. The molecule has 0 heterocycles. The molecule has 2 nitrogen and oxygen atoms in total. The summed E-state index contributed by atoms with van der Waals surface area (Å²) >= 11 is 0. The summed E-state index contributed by atoms with van der Waals surface area (Å²) in [5.41, 5.74) is -0.162. The molecule has 10 heavy (non-hydrogen) atoms. The molecule has 0 bridgehead atoms. The summed E-state index contributed by atoms with van der Waals surface area (Å²) in [4.78, 5) is 0. The van der Waals surface area contributed by atoms with E-state index in [-0.39, 0.29) is 5.60 Å². The molecular formula is C7H16O2S. The van der Waals surface area contributed by atoms with E-state index in [4.69, 9.17) is 4.74 Å². The van der Waals surface area contributed by atoms with Gasteiger partial charge in [0, 0.05) is 16.6 Å². The molecule has 0 aromatic carbocycles. The monoisotopic (exact) mass is 164 g/mol. The summed E-state index contributed by atoms with van der Waals surface area (Å²) in [5, 5.41) is 0. The molecule has 0 aromatic heterocycles. The van der Waals surface area contributed by atoms with E-state index in [2.05, 4.69) is 0 Å². The molecule has 0 saturated carbocycles. The summed E-state index contributed by atoms with van der Waals surface area (Å²) in [5.74, 6) is 1.04. The van der Waals surface area contributed by atoms with E-state index >= 15 is 0 Å². The van der Waals surface area contributed by atoms with Crippen LogP contribution in [0, 0.1) is 0 Å². The number of hydrogen-bond donors (Lipinski definition) is 0. The lowest BCUT2D eigenvalue weighted by molar-refractivity contribution is 0.0271. The molecule has 0 aliphatic rings. The molecule has 1 atom stereocenters. The van der Waals surface area contributed by atoms with Gasteiger partial charge in [-0.1, -0.05) is 6.92 Å². The topological polar surface area (TPSA) is 26.3 Å². The van der Waals surface area contributed by atoms with Gasteiger partial charge in [-0.3, -0.25) is 4.21 Å². The first-order valence-corrected chi connectivity index (χ1v) is 4.93. The lowest BCUT2D eigenvalue weighted by Crippen LogP contribution is -2.22. The second kappa shape index (κ2) is 4.09. The van der Waals surface area contributed by atoms with E-state index in [1.165, 1.54) is 0 Å². The highest BCUT2D eigenvalue weighted by Gasteiger charge is 2.10. The Hall–Kier alpha value is 0.110. The molecule has 0 aromatic rings. The molecule has 0 fully saturated rings. The molecule has 0 radical (unpaired) electrons. The van der Waals surface area contributed by atoms with Crippen molar-refractivity contribution < 1.29 is 8.95 Å². The summed E-state index contributed by atoms with van der Waals surface area (Å²) < 4.78 is 16.1. The van der Waals surface area contributed by atoms with Gasteiger partial charge in [0.1, 0.15) is 5.94 Å². The third-order valence-electron chi connectivity index (χ3n) is 0.945. The van der Waals surface area contributed by atoms with Crippen LogP contribution in [0.2, 0.25) is 0 Å². The fourth-order valence-electron chi connectivity index (χ4n) is 0.326. The quantitative estimate of drug-likeness (QED) is 0.632. The van der Waals surface area contributed by atoms with Crippen molar-refractivity contribution >= 4 is 10.8 Å². The van der Waals surface area contributed by atoms with Crippen molar-refractivity contribution in [1.82, 2.24) is 0 Å². The van der Waals surface area contributed by atoms with Crippen LogP contribution >= 0.6 is 0 Å². The van der Waals surface area contributed by atoms with Gasteiger partial charge in [-0.2, -0.15) is 0 Å². The highest BCUT2D eigenvalue weighted by atomic mass is 32.2.